The highest BCUT2D eigenvalue weighted by Gasteiger charge is 2.42. The molecule has 2 fully saturated rings. The molecule has 1 aromatic heterocycles. The fourth-order valence-electron chi connectivity index (χ4n) is 4.06. The lowest BCUT2D eigenvalue weighted by atomic mass is 9.94. The molecule has 2 bridgehead atoms. The largest absolute Gasteiger partial charge is 0.451 e. The van der Waals surface area contributed by atoms with Crippen LogP contribution in [0.2, 0.25) is 0 Å². The van der Waals surface area contributed by atoms with E-state index in [-0.39, 0.29) is 35.5 Å². The first-order valence-corrected chi connectivity index (χ1v) is 8.96. The molecule has 2 aromatic rings. The summed E-state index contributed by atoms with van der Waals surface area (Å²) in [4.78, 5) is 26.2. The Morgan fingerprint density at radius 2 is 1.73 bits per heavy atom. The van der Waals surface area contributed by atoms with Gasteiger partial charge >= 0.3 is 0 Å². The average molecular weight is 354 g/mol. The highest BCUT2D eigenvalue weighted by molar-refractivity contribution is 5.95. The number of likely N-dealkylation sites (tertiary alicyclic amines) is 1. The van der Waals surface area contributed by atoms with E-state index < -0.39 is 0 Å². The average Bonchev–Trinajstić information content (AvgIpc) is 3.22. The fraction of sp³-hybridized carbons (Fsp3) is 0.400. The number of aliphatic hydroxyl groups is 1. The van der Waals surface area contributed by atoms with Gasteiger partial charge in [-0.15, -0.1) is 0 Å². The van der Waals surface area contributed by atoms with E-state index in [1.807, 2.05) is 17.0 Å². The molecule has 2 amide bonds. The highest BCUT2D eigenvalue weighted by atomic mass is 16.3. The normalized spacial score (nSPS) is 24.5. The van der Waals surface area contributed by atoms with E-state index >= 15 is 0 Å². The number of rotatable bonds is 3. The Morgan fingerprint density at radius 3 is 2.35 bits per heavy atom. The van der Waals surface area contributed by atoms with Crippen molar-refractivity contribution < 1.29 is 19.1 Å². The number of fused-ring (bicyclic) bond motifs is 2. The van der Waals surface area contributed by atoms with Crippen molar-refractivity contribution in [1.29, 1.82) is 0 Å². The number of hydrogen-bond donors (Lipinski definition) is 2. The third-order valence-corrected chi connectivity index (χ3v) is 5.54. The number of aliphatic hydroxyl groups excluding tert-OH is 1. The van der Waals surface area contributed by atoms with E-state index in [1.165, 1.54) is 0 Å². The van der Waals surface area contributed by atoms with Crippen LogP contribution < -0.4 is 5.32 Å². The summed E-state index contributed by atoms with van der Waals surface area (Å²) in [6.07, 6.45) is 1.75. The first-order valence-electron chi connectivity index (χ1n) is 8.96. The quantitative estimate of drug-likeness (QED) is 0.885. The minimum absolute atomic E-state index is 0.00541. The van der Waals surface area contributed by atoms with Crippen molar-refractivity contribution in [3.05, 3.63) is 47.7 Å². The Hall–Kier alpha value is -2.60. The topological polar surface area (TPSA) is 82.8 Å². The molecular formula is C20H22N2O4. The SMILES string of the molecule is CNC(=O)c1ccc(-c2ccc(C(=O)N3C[C@H]4CC[C@@H](C3)C4O)cc2)o1. The first kappa shape index (κ1) is 16.8. The van der Waals surface area contributed by atoms with E-state index in [1.54, 1.807) is 31.3 Å². The van der Waals surface area contributed by atoms with Crippen LogP contribution in [0.5, 0.6) is 0 Å². The lowest BCUT2D eigenvalue weighted by Gasteiger charge is -2.35. The molecule has 0 spiro atoms. The highest BCUT2D eigenvalue weighted by Crippen LogP contribution is 2.37. The van der Waals surface area contributed by atoms with Crippen molar-refractivity contribution in [2.24, 2.45) is 11.8 Å². The van der Waals surface area contributed by atoms with Crippen molar-refractivity contribution >= 4 is 11.8 Å². The molecule has 2 N–H and O–H groups in total. The molecule has 1 saturated heterocycles. The zero-order valence-corrected chi connectivity index (χ0v) is 14.6. The van der Waals surface area contributed by atoms with Gasteiger partial charge in [-0.25, -0.2) is 0 Å². The fourth-order valence-corrected chi connectivity index (χ4v) is 4.06. The van der Waals surface area contributed by atoms with Gasteiger partial charge in [0.1, 0.15) is 5.76 Å². The molecule has 1 aliphatic heterocycles. The van der Waals surface area contributed by atoms with Crippen LogP contribution >= 0.6 is 0 Å². The molecule has 2 heterocycles. The smallest absolute Gasteiger partial charge is 0.286 e. The second-order valence-corrected chi connectivity index (χ2v) is 7.12. The van der Waals surface area contributed by atoms with Crippen molar-refractivity contribution in [3.8, 4) is 11.3 Å². The Balaban J connectivity index is 1.48. The Morgan fingerprint density at radius 1 is 1.08 bits per heavy atom. The maximum atomic E-state index is 12.8. The van der Waals surface area contributed by atoms with Gasteiger partial charge in [-0.3, -0.25) is 9.59 Å². The van der Waals surface area contributed by atoms with E-state index in [0.29, 0.717) is 24.4 Å². The van der Waals surface area contributed by atoms with Gasteiger partial charge in [0.25, 0.3) is 11.8 Å². The second kappa shape index (κ2) is 6.61. The van der Waals surface area contributed by atoms with Gasteiger partial charge in [-0.2, -0.15) is 0 Å². The second-order valence-electron chi connectivity index (χ2n) is 7.12. The van der Waals surface area contributed by atoms with E-state index in [0.717, 1.165) is 18.4 Å². The minimum Gasteiger partial charge on any atom is -0.451 e. The van der Waals surface area contributed by atoms with Gasteiger partial charge < -0.3 is 19.7 Å². The Kier molecular flexibility index (Phi) is 4.28. The van der Waals surface area contributed by atoms with E-state index in [4.69, 9.17) is 4.42 Å². The summed E-state index contributed by atoms with van der Waals surface area (Å²) in [6, 6.07) is 10.6. The molecule has 3 atom stereocenters. The van der Waals surface area contributed by atoms with E-state index in [9.17, 15) is 14.7 Å². The minimum atomic E-state index is -0.273. The van der Waals surface area contributed by atoms with Crippen molar-refractivity contribution in [3.63, 3.8) is 0 Å². The summed E-state index contributed by atoms with van der Waals surface area (Å²) >= 11 is 0. The predicted molar refractivity (Wildman–Crippen MR) is 95.7 cm³/mol. The van der Waals surface area contributed by atoms with E-state index in [2.05, 4.69) is 5.32 Å². The third-order valence-electron chi connectivity index (χ3n) is 5.54. The molecule has 6 nitrogen and oxygen atoms in total. The maximum Gasteiger partial charge on any atom is 0.286 e. The number of furan rings is 1. The number of benzene rings is 1. The summed E-state index contributed by atoms with van der Waals surface area (Å²) in [7, 11) is 1.55. The molecule has 1 aromatic carbocycles. The molecule has 1 aliphatic carbocycles. The van der Waals surface area contributed by atoms with Gasteiger partial charge in [-0.1, -0.05) is 12.1 Å². The van der Waals surface area contributed by atoms with Crippen LogP contribution in [0, 0.1) is 11.8 Å². The van der Waals surface area contributed by atoms with Crippen LogP contribution in [0.3, 0.4) is 0 Å². The monoisotopic (exact) mass is 354 g/mol. The van der Waals surface area contributed by atoms with Crippen LogP contribution in [0.15, 0.2) is 40.8 Å². The lowest BCUT2D eigenvalue weighted by molar-refractivity contribution is 0.0166. The summed E-state index contributed by atoms with van der Waals surface area (Å²) in [5.41, 5.74) is 1.44. The third kappa shape index (κ3) is 2.90. The number of hydrogen-bond acceptors (Lipinski definition) is 4. The molecule has 4 rings (SSSR count). The van der Waals surface area contributed by atoms with Crippen LogP contribution in [-0.2, 0) is 0 Å². The van der Waals surface area contributed by atoms with Gasteiger partial charge in [0.2, 0.25) is 0 Å². The number of nitrogens with zero attached hydrogens (tertiary/aromatic N) is 1. The summed E-state index contributed by atoms with van der Waals surface area (Å²) < 4.78 is 5.55. The zero-order valence-electron chi connectivity index (χ0n) is 14.6. The van der Waals surface area contributed by atoms with Crippen molar-refractivity contribution in [2.45, 2.75) is 18.9 Å². The van der Waals surface area contributed by atoms with Crippen LogP contribution in [0.1, 0.15) is 33.8 Å². The van der Waals surface area contributed by atoms with Crippen LogP contribution in [-0.4, -0.2) is 48.1 Å². The molecule has 1 unspecified atom stereocenters. The number of nitrogens with one attached hydrogen (secondary N) is 1. The van der Waals surface area contributed by atoms with Crippen LogP contribution in [0.25, 0.3) is 11.3 Å². The Labute approximate surface area is 151 Å². The summed E-state index contributed by atoms with van der Waals surface area (Å²) in [5.74, 6) is 0.994. The van der Waals surface area contributed by atoms with Gasteiger partial charge in [0.05, 0.1) is 6.10 Å². The van der Waals surface area contributed by atoms with Crippen LogP contribution in [0.4, 0.5) is 0 Å². The van der Waals surface area contributed by atoms with Gasteiger partial charge in [-0.05, 0) is 37.1 Å². The molecule has 6 heteroatoms. The molecule has 0 radical (unpaired) electrons. The number of amides is 2. The maximum absolute atomic E-state index is 12.8. The molecule has 26 heavy (non-hydrogen) atoms. The first-order chi connectivity index (χ1) is 12.6. The van der Waals surface area contributed by atoms with Crippen molar-refractivity contribution in [1.82, 2.24) is 10.2 Å². The van der Waals surface area contributed by atoms with Gasteiger partial charge in [0.15, 0.2) is 5.76 Å². The molecule has 1 saturated carbocycles. The number of carbonyl (C=O) groups is 2. The summed E-state index contributed by atoms with van der Waals surface area (Å²) in [6.45, 7) is 1.26. The summed E-state index contributed by atoms with van der Waals surface area (Å²) in [5, 5.41) is 12.6. The lowest BCUT2D eigenvalue weighted by Crippen LogP contribution is -2.47. The molecule has 2 aliphatic rings. The predicted octanol–water partition coefficient (Wildman–Crippen LogP) is 2.15. The Bertz CT molecular complexity index is 813. The number of carbonyl (C=O) groups excluding carboxylic acids is 2. The molecular weight excluding hydrogens is 332 g/mol. The zero-order chi connectivity index (χ0) is 18.3. The number of piperidine rings is 1. The van der Waals surface area contributed by atoms with Crippen molar-refractivity contribution in [2.75, 3.05) is 20.1 Å². The molecule has 136 valence electrons. The standard InChI is InChI=1S/C20H22N2O4/c1-21-19(24)17-9-8-16(26-17)12-2-4-13(5-3-12)20(25)22-10-14-6-7-15(11-22)18(14)23/h2-5,8-9,14-15,18,23H,6-7,10-11H2,1H3,(H,21,24)/t14-,15+,18?. The van der Waals surface area contributed by atoms with Gasteiger partial charge in [0, 0.05) is 43.1 Å².